The van der Waals surface area contributed by atoms with E-state index >= 15 is 0 Å². The number of hydrogen-bond acceptors (Lipinski definition) is 4. The fourth-order valence-corrected chi connectivity index (χ4v) is 2.12. The molecule has 9 heteroatoms. The molecule has 1 saturated heterocycles. The van der Waals surface area contributed by atoms with Crippen LogP contribution in [0.3, 0.4) is 0 Å². The van der Waals surface area contributed by atoms with Crippen LogP contribution in [0.2, 0.25) is 0 Å². The Hall–Kier alpha value is -0.280. The van der Waals surface area contributed by atoms with Crippen LogP contribution >= 0.6 is 0 Å². The van der Waals surface area contributed by atoms with Crippen LogP contribution in [-0.4, -0.2) is 42.0 Å². The first kappa shape index (κ1) is 14.7. The second kappa shape index (κ2) is 5.17. The van der Waals surface area contributed by atoms with Crippen LogP contribution in [0.25, 0.3) is 0 Å². The lowest BCUT2D eigenvalue weighted by molar-refractivity contribution is -0.115. The molecule has 90 valence electrons. The van der Waals surface area contributed by atoms with Crippen molar-refractivity contribution in [3.63, 3.8) is 0 Å². The summed E-state index contributed by atoms with van der Waals surface area (Å²) in [5.74, 6) is 2.48. The zero-order valence-corrected chi connectivity index (χ0v) is 9.34. The topological polar surface area (TPSA) is 74.3 Å². The Morgan fingerprint density at radius 1 is 1.40 bits per heavy atom. The molecule has 1 heterocycles. The molecule has 0 radical (unpaired) electrons. The molecule has 1 unspecified atom stereocenters. The molecular formula is C6H9F3O4S2. The number of ketones is 1. The highest BCUT2D eigenvalue weighted by Crippen LogP contribution is 2.20. The maximum absolute atomic E-state index is 10.7. The zero-order chi connectivity index (χ0) is 12.3. The highest BCUT2D eigenvalue weighted by atomic mass is 32.2. The van der Waals surface area contributed by atoms with Gasteiger partial charge in [-0.15, -0.1) is 0 Å². The summed E-state index contributed by atoms with van der Waals surface area (Å²) < 4.78 is 58.9. The van der Waals surface area contributed by atoms with Gasteiger partial charge in [0.2, 0.25) is 0 Å². The van der Waals surface area contributed by atoms with Gasteiger partial charge in [0.15, 0.2) is 21.7 Å². The number of Topliss-reactive ketones (excluding diaryl/α,β-unsaturated/α-hetero) is 1. The van der Waals surface area contributed by atoms with E-state index in [1.54, 1.807) is 0 Å². The van der Waals surface area contributed by atoms with Crippen LogP contribution in [-0.2, 0) is 25.8 Å². The Labute approximate surface area is 87.9 Å². The van der Waals surface area contributed by atoms with Gasteiger partial charge in [-0.2, -0.15) is 13.2 Å². The average molecular weight is 266 g/mol. The van der Waals surface area contributed by atoms with Crippen molar-refractivity contribution >= 4 is 26.8 Å². The Morgan fingerprint density at radius 2 is 1.80 bits per heavy atom. The summed E-state index contributed by atoms with van der Waals surface area (Å²) in [6.45, 7) is 0. The molecule has 0 aromatic rings. The van der Waals surface area contributed by atoms with Crippen molar-refractivity contribution in [1.29, 1.82) is 0 Å². The Kier molecular flexibility index (Phi) is 5.07. The molecule has 0 bridgehead atoms. The summed E-state index contributed by atoms with van der Waals surface area (Å²) in [5, 5.41) is 0. The number of halogens is 3. The quantitative estimate of drug-likeness (QED) is 0.358. The van der Waals surface area contributed by atoms with Crippen LogP contribution in [0.1, 0.15) is 6.42 Å². The maximum atomic E-state index is 10.7. The second-order valence-electron chi connectivity index (χ2n) is 2.82. The number of rotatable bonds is 0. The highest BCUT2D eigenvalue weighted by molar-refractivity contribution is 7.97. The summed E-state index contributed by atoms with van der Waals surface area (Å²) in [7, 11) is -5.64. The van der Waals surface area contributed by atoms with Gasteiger partial charge in [-0.1, -0.05) is 0 Å². The van der Waals surface area contributed by atoms with Gasteiger partial charge < -0.3 is 4.55 Å². The van der Waals surface area contributed by atoms with E-state index < -0.39 is 15.6 Å². The minimum Gasteiger partial charge on any atom is -0.741 e. The molecule has 4 nitrogen and oxygen atoms in total. The van der Waals surface area contributed by atoms with Gasteiger partial charge in [0.05, 0.1) is 12.7 Å². The normalized spacial score (nSPS) is 22.2. The maximum Gasteiger partial charge on any atom is 0.485 e. The minimum atomic E-state index is -6.09. The minimum absolute atomic E-state index is 0.448. The number of alkyl halides is 3. The van der Waals surface area contributed by atoms with Crippen molar-refractivity contribution in [2.75, 3.05) is 17.8 Å². The monoisotopic (exact) mass is 266 g/mol. The second-order valence-corrected chi connectivity index (χ2v) is 6.45. The van der Waals surface area contributed by atoms with Crippen molar-refractivity contribution in [3.05, 3.63) is 0 Å². The molecule has 1 rings (SSSR count). The van der Waals surface area contributed by atoms with E-state index in [2.05, 4.69) is 6.26 Å². The molecule has 0 aromatic carbocycles. The fourth-order valence-electron chi connectivity index (χ4n) is 0.707. The van der Waals surface area contributed by atoms with E-state index in [-0.39, 0.29) is 0 Å². The summed E-state index contributed by atoms with van der Waals surface area (Å²) in [6, 6.07) is 0. The Balaban J connectivity index is 0.000000262. The molecule has 1 aliphatic rings. The van der Waals surface area contributed by atoms with Gasteiger partial charge in [-0.3, -0.25) is 4.79 Å². The third-order valence-corrected chi connectivity index (χ3v) is 3.70. The average Bonchev–Trinajstić information content (AvgIpc) is 2.31. The summed E-state index contributed by atoms with van der Waals surface area (Å²) in [4.78, 5) is 10.5. The molecule has 1 atom stereocenters. The Morgan fingerprint density at radius 3 is 1.87 bits per heavy atom. The number of carbonyl (C=O) groups excluding carboxylic acids is 1. The van der Waals surface area contributed by atoms with Crippen molar-refractivity contribution in [2.24, 2.45) is 0 Å². The van der Waals surface area contributed by atoms with Gasteiger partial charge in [0.25, 0.3) is 0 Å². The van der Waals surface area contributed by atoms with Crippen molar-refractivity contribution < 1.29 is 30.9 Å². The first-order valence-electron chi connectivity index (χ1n) is 3.67. The largest absolute Gasteiger partial charge is 0.741 e. The van der Waals surface area contributed by atoms with Crippen LogP contribution in [0.5, 0.6) is 0 Å². The molecule has 0 amide bonds. The third kappa shape index (κ3) is 6.00. The lowest BCUT2D eigenvalue weighted by Crippen LogP contribution is -2.21. The lowest BCUT2D eigenvalue weighted by Gasteiger charge is -2.08. The van der Waals surface area contributed by atoms with Crippen LogP contribution in [0, 0.1) is 0 Å². The first-order valence-corrected chi connectivity index (χ1v) is 7.05. The van der Waals surface area contributed by atoms with Gasteiger partial charge in [0, 0.05) is 0 Å². The fraction of sp³-hybridized carbons (Fsp3) is 0.833. The molecule has 15 heavy (non-hydrogen) atoms. The molecule has 1 aliphatic heterocycles. The predicted octanol–water partition coefficient (Wildman–Crippen LogP) is 0.259. The molecule has 0 aromatic heterocycles. The van der Waals surface area contributed by atoms with E-state index in [0.717, 1.165) is 17.9 Å². The molecule has 1 fully saturated rings. The highest BCUT2D eigenvalue weighted by Gasteiger charge is 2.36. The standard InChI is InChI=1S/C5H9OS.CHF3O3S/c1-7-3-2-5(6)4-7;2-1(3,4)8(5,6)7/h2-4H2,1H3;(H,5,6,7)/q+1;/p-1. The van der Waals surface area contributed by atoms with E-state index in [1.807, 2.05) is 0 Å². The van der Waals surface area contributed by atoms with E-state index in [4.69, 9.17) is 13.0 Å². The van der Waals surface area contributed by atoms with Gasteiger partial charge in [-0.25, -0.2) is 8.42 Å². The zero-order valence-electron chi connectivity index (χ0n) is 7.70. The van der Waals surface area contributed by atoms with Crippen molar-refractivity contribution in [2.45, 2.75) is 11.9 Å². The summed E-state index contributed by atoms with van der Waals surface area (Å²) in [6.07, 6.45) is 3.00. The number of hydrogen-bond donors (Lipinski definition) is 0. The van der Waals surface area contributed by atoms with Gasteiger partial charge in [0.1, 0.15) is 5.75 Å². The smallest absolute Gasteiger partial charge is 0.485 e. The van der Waals surface area contributed by atoms with Gasteiger partial charge >= 0.3 is 5.51 Å². The predicted molar refractivity (Wildman–Crippen MR) is 48.4 cm³/mol. The molecular weight excluding hydrogens is 257 g/mol. The van der Waals surface area contributed by atoms with Crippen LogP contribution in [0.15, 0.2) is 0 Å². The van der Waals surface area contributed by atoms with Crippen molar-refractivity contribution in [1.82, 2.24) is 0 Å². The van der Waals surface area contributed by atoms with Crippen molar-refractivity contribution in [3.8, 4) is 0 Å². The third-order valence-electron chi connectivity index (χ3n) is 1.42. The van der Waals surface area contributed by atoms with Crippen LogP contribution in [0.4, 0.5) is 13.2 Å². The lowest BCUT2D eigenvalue weighted by atomic mass is 10.4. The van der Waals surface area contributed by atoms with E-state index in [1.165, 1.54) is 0 Å². The molecule has 0 saturated carbocycles. The van der Waals surface area contributed by atoms with Crippen LogP contribution < -0.4 is 0 Å². The molecule has 0 spiro atoms. The molecule has 0 aliphatic carbocycles. The SMILES string of the molecule is C[S+]1CCC(=O)C1.O=S(=O)([O-])C(F)(F)F. The molecule has 0 N–H and O–H groups in total. The summed E-state index contributed by atoms with van der Waals surface area (Å²) in [5.41, 5.74) is -5.65. The van der Waals surface area contributed by atoms with Gasteiger partial charge in [-0.05, 0) is 10.9 Å². The van der Waals surface area contributed by atoms with E-state index in [0.29, 0.717) is 16.7 Å². The van der Waals surface area contributed by atoms with E-state index in [9.17, 15) is 18.0 Å². The Bertz CT molecular complexity index is 322. The first-order chi connectivity index (χ1) is 6.54. The summed E-state index contributed by atoms with van der Waals surface area (Å²) >= 11 is 0. The number of carbonyl (C=O) groups is 1.